The van der Waals surface area contributed by atoms with Crippen molar-refractivity contribution in [1.29, 1.82) is 0 Å². The number of nitrogens with one attached hydrogen (secondary N) is 2. The van der Waals surface area contributed by atoms with Crippen LogP contribution < -0.4 is 15.4 Å². The average molecular weight is 220 g/mol. The average Bonchev–Trinajstić information content (AvgIpc) is 2.30. The molecule has 1 aliphatic rings. The van der Waals surface area contributed by atoms with E-state index >= 15 is 0 Å². The molecule has 0 fully saturated rings. The number of anilines is 2. The fourth-order valence-corrected chi connectivity index (χ4v) is 1.93. The molecule has 1 aromatic rings. The van der Waals surface area contributed by atoms with Gasteiger partial charge in [0, 0.05) is 12.0 Å². The number of benzene rings is 1. The normalized spacial score (nSPS) is 17.8. The molecular formula is C12H16N2O2. The number of para-hydroxylation sites is 1. The van der Waals surface area contributed by atoms with Crippen LogP contribution in [0.1, 0.15) is 20.3 Å². The van der Waals surface area contributed by atoms with Crippen molar-refractivity contribution < 1.29 is 9.53 Å². The quantitative estimate of drug-likeness (QED) is 0.763. The lowest BCUT2D eigenvalue weighted by atomic mass is 10.0. The van der Waals surface area contributed by atoms with Crippen molar-refractivity contribution in [2.45, 2.75) is 25.8 Å². The Morgan fingerprint density at radius 1 is 1.38 bits per heavy atom. The number of amides is 1. The van der Waals surface area contributed by atoms with Gasteiger partial charge in [-0.3, -0.25) is 4.79 Å². The van der Waals surface area contributed by atoms with Gasteiger partial charge >= 0.3 is 0 Å². The molecule has 2 rings (SSSR count). The summed E-state index contributed by atoms with van der Waals surface area (Å²) >= 11 is 0. The molecule has 1 heterocycles. The molecule has 86 valence electrons. The topological polar surface area (TPSA) is 50.4 Å². The molecule has 1 aromatic carbocycles. The standard InChI is InChI=1S/C12H16N2O2/c1-12(2)7-10(15)13-11-8(14-12)5-4-6-9(11)16-3/h4-6,14H,7H2,1-3H3,(H,13,15). The van der Waals surface area contributed by atoms with Crippen molar-refractivity contribution in [1.82, 2.24) is 0 Å². The Kier molecular flexibility index (Phi) is 2.50. The van der Waals surface area contributed by atoms with E-state index in [-0.39, 0.29) is 11.4 Å². The summed E-state index contributed by atoms with van der Waals surface area (Å²) in [5.41, 5.74) is 1.37. The van der Waals surface area contributed by atoms with Crippen molar-refractivity contribution in [3.63, 3.8) is 0 Å². The predicted molar refractivity (Wildman–Crippen MR) is 63.9 cm³/mol. The summed E-state index contributed by atoms with van der Waals surface area (Å²) in [5.74, 6) is 0.678. The van der Waals surface area contributed by atoms with E-state index < -0.39 is 0 Å². The number of fused-ring (bicyclic) bond motifs is 1. The van der Waals surface area contributed by atoms with Gasteiger partial charge in [-0.05, 0) is 26.0 Å². The van der Waals surface area contributed by atoms with E-state index in [0.29, 0.717) is 12.2 Å². The summed E-state index contributed by atoms with van der Waals surface area (Å²) in [7, 11) is 1.60. The fraction of sp³-hybridized carbons (Fsp3) is 0.417. The van der Waals surface area contributed by atoms with E-state index in [1.54, 1.807) is 7.11 Å². The summed E-state index contributed by atoms with van der Waals surface area (Å²) in [4.78, 5) is 11.7. The van der Waals surface area contributed by atoms with Crippen LogP contribution in [0.5, 0.6) is 5.75 Å². The first-order valence-electron chi connectivity index (χ1n) is 5.27. The van der Waals surface area contributed by atoms with Crippen molar-refractivity contribution in [2.24, 2.45) is 0 Å². The SMILES string of the molecule is COc1cccc2c1NC(=O)CC(C)(C)N2. The van der Waals surface area contributed by atoms with Crippen molar-refractivity contribution >= 4 is 17.3 Å². The van der Waals surface area contributed by atoms with Crippen LogP contribution >= 0.6 is 0 Å². The largest absolute Gasteiger partial charge is 0.494 e. The summed E-state index contributed by atoms with van der Waals surface area (Å²) in [6, 6.07) is 5.67. The summed E-state index contributed by atoms with van der Waals surface area (Å²) in [6.07, 6.45) is 0.435. The second kappa shape index (κ2) is 3.70. The molecule has 0 saturated carbocycles. The first-order chi connectivity index (χ1) is 7.52. The number of rotatable bonds is 1. The number of hydrogen-bond acceptors (Lipinski definition) is 3. The first-order valence-corrected chi connectivity index (χ1v) is 5.27. The van der Waals surface area contributed by atoms with Gasteiger partial charge in [-0.2, -0.15) is 0 Å². The fourth-order valence-electron chi connectivity index (χ4n) is 1.93. The van der Waals surface area contributed by atoms with Gasteiger partial charge in [-0.1, -0.05) is 6.07 Å². The molecule has 0 spiro atoms. The summed E-state index contributed by atoms with van der Waals surface area (Å²) in [6.45, 7) is 4.00. The first kappa shape index (κ1) is 10.8. The highest BCUT2D eigenvalue weighted by Gasteiger charge is 2.28. The Bertz CT molecular complexity index is 427. The van der Waals surface area contributed by atoms with Crippen LogP contribution in [0.4, 0.5) is 11.4 Å². The molecule has 16 heavy (non-hydrogen) atoms. The van der Waals surface area contributed by atoms with E-state index in [1.807, 2.05) is 32.0 Å². The van der Waals surface area contributed by atoms with Crippen LogP contribution in [0.15, 0.2) is 18.2 Å². The smallest absolute Gasteiger partial charge is 0.226 e. The van der Waals surface area contributed by atoms with Gasteiger partial charge in [-0.25, -0.2) is 0 Å². The summed E-state index contributed by atoms with van der Waals surface area (Å²) < 4.78 is 5.23. The molecule has 1 amide bonds. The maximum Gasteiger partial charge on any atom is 0.226 e. The Morgan fingerprint density at radius 2 is 2.12 bits per heavy atom. The lowest BCUT2D eigenvalue weighted by Gasteiger charge is -2.24. The van der Waals surface area contributed by atoms with Crippen LogP contribution in [-0.4, -0.2) is 18.6 Å². The van der Waals surface area contributed by atoms with Crippen molar-refractivity contribution in [2.75, 3.05) is 17.7 Å². The molecule has 2 N–H and O–H groups in total. The number of carbonyl (C=O) groups is 1. The minimum atomic E-state index is -0.248. The van der Waals surface area contributed by atoms with Gasteiger partial charge in [0.25, 0.3) is 0 Å². The highest BCUT2D eigenvalue weighted by molar-refractivity contribution is 5.98. The molecule has 0 radical (unpaired) electrons. The maximum atomic E-state index is 11.7. The van der Waals surface area contributed by atoms with Crippen LogP contribution in [0.25, 0.3) is 0 Å². The second-order valence-corrected chi connectivity index (χ2v) is 4.62. The van der Waals surface area contributed by atoms with E-state index in [1.165, 1.54) is 0 Å². The van der Waals surface area contributed by atoms with Crippen LogP contribution in [0, 0.1) is 0 Å². The molecule has 1 aliphatic heterocycles. The van der Waals surface area contributed by atoms with Gasteiger partial charge in [0.2, 0.25) is 5.91 Å². The molecule has 4 nitrogen and oxygen atoms in total. The molecule has 0 atom stereocenters. The molecule has 0 unspecified atom stereocenters. The van der Waals surface area contributed by atoms with Crippen molar-refractivity contribution in [3.8, 4) is 5.75 Å². The third-order valence-electron chi connectivity index (χ3n) is 2.59. The minimum absolute atomic E-state index is 0.000694. The Hall–Kier alpha value is -1.71. The van der Waals surface area contributed by atoms with Crippen LogP contribution in [0.3, 0.4) is 0 Å². The zero-order valence-electron chi connectivity index (χ0n) is 9.76. The van der Waals surface area contributed by atoms with Gasteiger partial charge < -0.3 is 15.4 Å². The van der Waals surface area contributed by atoms with E-state index in [4.69, 9.17) is 4.74 Å². The zero-order valence-corrected chi connectivity index (χ0v) is 9.76. The molecule has 0 aliphatic carbocycles. The van der Waals surface area contributed by atoms with E-state index in [9.17, 15) is 4.79 Å². The Morgan fingerprint density at radius 3 is 2.81 bits per heavy atom. The maximum absolute atomic E-state index is 11.7. The molecule has 0 aromatic heterocycles. The lowest BCUT2D eigenvalue weighted by molar-refractivity contribution is -0.116. The predicted octanol–water partition coefficient (Wildman–Crippen LogP) is 2.23. The number of hydrogen-bond donors (Lipinski definition) is 2. The van der Waals surface area contributed by atoms with Gasteiger partial charge in [0.05, 0.1) is 12.8 Å². The molecule has 0 bridgehead atoms. The van der Waals surface area contributed by atoms with Crippen LogP contribution in [-0.2, 0) is 4.79 Å². The van der Waals surface area contributed by atoms with E-state index in [2.05, 4.69) is 10.6 Å². The van der Waals surface area contributed by atoms with Crippen molar-refractivity contribution in [3.05, 3.63) is 18.2 Å². The van der Waals surface area contributed by atoms with Crippen LogP contribution in [0.2, 0.25) is 0 Å². The number of carbonyl (C=O) groups excluding carboxylic acids is 1. The third-order valence-corrected chi connectivity index (χ3v) is 2.59. The molecule has 0 saturated heterocycles. The minimum Gasteiger partial charge on any atom is -0.494 e. The highest BCUT2D eigenvalue weighted by atomic mass is 16.5. The third kappa shape index (κ3) is 1.96. The molecular weight excluding hydrogens is 204 g/mol. The number of methoxy groups -OCH3 is 1. The summed E-state index contributed by atoms with van der Waals surface area (Å²) in [5, 5.41) is 6.21. The second-order valence-electron chi connectivity index (χ2n) is 4.62. The highest BCUT2D eigenvalue weighted by Crippen LogP contribution is 2.36. The zero-order chi connectivity index (χ0) is 11.8. The van der Waals surface area contributed by atoms with Gasteiger partial charge in [0.15, 0.2) is 0 Å². The van der Waals surface area contributed by atoms with E-state index in [0.717, 1.165) is 11.4 Å². The monoisotopic (exact) mass is 220 g/mol. The Labute approximate surface area is 95.0 Å². The molecule has 4 heteroatoms. The Balaban J connectivity index is 2.49. The lowest BCUT2D eigenvalue weighted by Crippen LogP contribution is -2.32. The van der Waals surface area contributed by atoms with Gasteiger partial charge in [0.1, 0.15) is 11.4 Å². The van der Waals surface area contributed by atoms with Gasteiger partial charge in [-0.15, -0.1) is 0 Å². The number of ether oxygens (including phenoxy) is 1.